The summed E-state index contributed by atoms with van der Waals surface area (Å²) in [5.74, 6) is 4.53. The molecule has 5 aliphatic rings. The number of rotatable bonds is 4. The molecule has 164 valence electrons. The lowest BCUT2D eigenvalue weighted by Crippen LogP contribution is -2.49. The van der Waals surface area contributed by atoms with Gasteiger partial charge >= 0.3 is 0 Å². The van der Waals surface area contributed by atoms with Gasteiger partial charge in [0, 0.05) is 18.8 Å². The van der Waals surface area contributed by atoms with Crippen LogP contribution in [0.3, 0.4) is 0 Å². The predicted molar refractivity (Wildman–Crippen MR) is 126 cm³/mol. The molecule has 0 saturated heterocycles. The lowest BCUT2D eigenvalue weighted by molar-refractivity contribution is -0.00906. The minimum absolute atomic E-state index is 0.313. The van der Waals surface area contributed by atoms with E-state index in [4.69, 9.17) is 4.74 Å². The zero-order valence-corrected chi connectivity index (χ0v) is 19.5. The Balaban J connectivity index is 1.38. The fourth-order valence-electron chi connectivity index (χ4n) is 8.14. The second-order valence-corrected chi connectivity index (χ2v) is 11.3. The van der Waals surface area contributed by atoms with E-state index in [0.29, 0.717) is 10.8 Å². The molecule has 0 N–H and O–H groups in total. The summed E-state index contributed by atoms with van der Waals surface area (Å²) in [4.78, 5) is 4.44. The van der Waals surface area contributed by atoms with Crippen molar-refractivity contribution in [3.05, 3.63) is 59.1 Å². The Morgan fingerprint density at radius 1 is 1.10 bits per heavy atom. The summed E-state index contributed by atoms with van der Waals surface area (Å²) in [6.07, 6.45) is 19.6. The molecule has 0 radical (unpaired) electrons. The fourth-order valence-corrected chi connectivity index (χ4v) is 8.14. The Kier molecular flexibility index (Phi) is 4.53. The molecule has 1 heterocycles. The molecule has 0 bridgehead atoms. The molecule has 5 unspecified atom stereocenters. The molecule has 2 fully saturated rings. The zero-order valence-electron chi connectivity index (χ0n) is 19.5. The lowest BCUT2D eigenvalue weighted by Gasteiger charge is -2.58. The molecule has 2 nitrogen and oxygen atoms in total. The maximum atomic E-state index is 6.02. The van der Waals surface area contributed by atoms with E-state index in [0.717, 1.165) is 36.7 Å². The van der Waals surface area contributed by atoms with Gasteiger partial charge < -0.3 is 4.74 Å². The van der Waals surface area contributed by atoms with Gasteiger partial charge in [-0.1, -0.05) is 31.6 Å². The van der Waals surface area contributed by atoms with E-state index < -0.39 is 0 Å². The molecule has 0 aliphatic heterocycles. The summed E-state index contributed by atoms with van der Waals surface area (Å²) >= 11 is 0. The molecule has 0 spiro atoms. The number of allylic oxidation sites excluding steroid dienone is 6. The van der Waals surface area contributed by atoms with Crippen molar-refractivity contribution >= 4 is 5.57 Å². The maximum Gasteiger partial charge on any atom is 0.0962 e. The van der Waals surface area contributed by atoms with Crippen LogP contribution in [-0.4, -0.2) is 11.6 Å². The Morgan fingerprint density at radius 3 is 2.71 bits per heavy atom. The number of fused-ring (bicyclic) bond motifs is 5. The number of aromatic nitrogens is 1. The predicted octanol–water partition coefficient (Wildman–Crippen LogP) is 7.35. The molecule has 1 aromatic rings. The van der Waals surface area contributed by atoms with E-state index in [-0.39, 0.29) is 0 Å². The van der Waals surface area contributed by atoms with Crippen molar-refractivity contribution < 1.29 is 4.74 Å². The molecule has 2 heteroatoms. The lowest BCUT2D eigenvalue weighted by atomic mass is 9.46. The summed E-state index contributed by atoms with van der Waals surface area (Å²) in [6.45, 7) is 8.11. The maximum absolute atomic E-state index is 6.02. The van der Waals surface area contributed by atoms with Gasteiger partial charge in [-0.15, -0.1) is 0 Å². The molecule has 0 aromatic carbocycles. The molecule has 31 heavy (non-hydrogen) atoms. The summed E-state index contributed by atoms with van der Waals surface area (Å²) < 4.78 is 6.02. The number of pyridine rings is 1. The van der Waals surface area contributed by atoms with Crippen molar-refractivity contribution in [2.45, 2.75) is 72.1 Å². The minimum atomic E-state index is 0.313. The molecular formula is C29H37NO. The third-order valence-corrected chi connectivity index (χ3v) is 9.82. The first-order valence-corrected chi connectivity index (χ1v) is 12.7. The highest BCUT2D eigenvalue weighted by Crippen LogP contribution is 2.68. The number of hydrogen-bond acceptors (Lipinski definition) is 2. The molecular weight excluding hydrogens is 378 g/mol. The van der Waals surface area contributed by atoms with Crippen molar-refractivity contribution in [3.63, 3.8) is 0 Å². The van der Waals surface area contributed by atoms with Crippen molar-refractivity contribution in [1.29, 1.82) is 0 Å². The fraction of sp³-hybridized carbons (Fsp3) is 0.621. The highest BCUT2D eigenvalue weighted by Gasteiger charge is 2.58. The van der Waals surface area contributed by atoms with Crippen LogP contribution in [0.4, 0.5) is 0 Å². The molecule has 6 rings (SSSR count). The van der Waals surface area contributed by atoms with Crippen LogP contribution in [0.25, 0.3) is 5.57 Å². The monoisotopic (exact) mass is 415 g/mol. The van der Waals surface area contributed by atoms with Crippen LogP contribution >= 0.6 is 0 Å². The van der Waals surface area contributed by atoms with Crippen LogP contribution in [0, 0.1) is 34.5 Å². The quantitative estimate of drug-likeness (QED) is 0.513. The van der Waals surface area contributed by atoms with Crippen LogP contribution in [-0.2, 0) is 4.74 Å². The van der Waals surface area contributed by atoms with Gasteiger partial charge in [-0.2, -0.15) is 0 Å². The van der Waals surface area contributed by atoms with Gasteiger partial charge in [-0.25, -0.2) is 0 Å². The number of ether oxygens (including phenoxy) is 1. The first-order chi connectivity index (χ1) is 15.0. The van der Waals surface area contributed by atoms with Gasteiger partial charge in [-0.05, 0) is 115 Å². The summed E-state index contributed by atoms with van der Waals surface area (Å²) in [5.41, 5.74) is 7.12. The van der Waals surface area contributed by atoms with E-state index in [1.807, 2.05) is 11.8 Å². The Hall–Kier alpha value is -1.83. The molecule has 0 amide bonds. The van der Waals surface area contributed by atoms with E-state index in [2.05, 4.69) is 56.2 Å². The average Bonchev–Trinajstić information content (AvgIpc) is 3.55. The summed E-state index contributed by atoms with van der Waals surface area (Å²) in [6, 6.07) is 4.38. The Bertz CT molecular complexity index is 968. The van der Waals surface area contributed by atoms with E-state index in [1.54, 1.807) is 11.1 Å². The smallest absolute Gasteiger partial charge is 0.0962 e. The van der Waals surface area contributed by atoms with Crippen LogP contribution in [0.2, 0.25) is 0 Å². The number of hydrogen-bond donors (Lipinski definition) is 0. The van der Waals surface area contributed by atoms with Crippen LogP contribution in [0.5, 0.6) is 0 Å². The molecule has 2 saturated carbocycles. The highest BCUT2D eigenvalue weighted by molar-refractivity contribution is 5.72. The molecule has 5 atom stereocenters. The van der Waals surface area contributed by atoms with Gasteiger partial charge in [0.05, 0.1) is 12.4 Å². The molecule has 5 aliphatic carbocycles. The SMILES string of the molecule is CCOC1=CC2=C(C3CC3)CC3C4CC=C(c5cccnc5)C4(C)CCC3C2(C)CC1. The molecule has 1 aromatic heterocycles. The van der Waals surface area contributed by atoms with Gasteiger partial charge in [-0.3, -0.25) is 4.98 Å². The summed E-state index contributed by atoms with van der Waals surface area (Å²) in [7, 11) is 0. The third-order valence-electron chi connectivity index (χ3n) is 9.82. The van der Waals surface area contributed by atoms with E-state index >= 15 is 0 Å². The topological polar surface area (TPSA) is 22.1 Å². The summed E-state index contributed by atoms with van der Waals surface area (Å²) in [5, 5.41) is 0. The van der Waals surface area contributed by atoms with E-state index in [1.165, 1.54) is 56.3 Å². The van der Waals surface area contributed by atoms with Gasteiger partial charge in [0.15, 0.2) is 0 Å². The third kappa shape index (κ3) is 2.93. The van der Waals surface area contributed by atoms with Crippen molar-refractivity contribution in [2.24, 2.45) is 34.5 Å². The first kappa shape index (κ1) is 19.8. The second-order valence-electron chi connectivity index (χ2n) is 11.3. The van der Waals surface area contributed by atoms with Gasteiger partial charge in [0.2, 0.25) is 0 Å². The van der Waals surface area contributed by atoms with Crippen molar-refractivity contribution in [3.8, 4) is 0 Å². The van der Waals surface area contributed by atoms with Gasteiger partial charge in [0.25, 0.3) is 0 Å². The zero-order chi connectivity index (χ0) is 21.2. The second kappa shape index (κ2) is 7.09. The van der Waals surface area contributed by atoms with E-state index in [9.17, 15) is 0 Å². The normalized spacial score (nSPS) is 39.3. The number of nitrogens with zero attached hydrogens (tertiary/aromatic N) is 1. The minimum Gasteiger partial charge on any atom is -0.498 e. The average molecular weight is 416 g/mol. The first-order valence-electron chi connectivity index (χ1n) is 12.7. The van der Waals surface area contributed by atoms with Gasteiger partial charge in [0.1, 0.15) is 0 Å². The van der Waals surface area contributed by atoms with Crippen LogP contribution < -0.4 is 0 Å². The van der Waals surface area contributed by atoms with Crippen LogP contribution in [0.15, 0.2) is 53.6 Å². The Morgan fingerprint density at radius 2 is 1.97 bits per heavy atom. The van der Waals surface area contributed by atoms with Crippen molar-refractivity contribution in [1.82, 2.24) is 4.98 Å². The van der Waals surface area contributed by atoms with Crippen LogP contribution in [0.1, 0.15) is 77.7 Å². The Labute approximate surface area is 187 Å². The highest BCUT2D eigenvalue weighted by atomic mass is 16.5. The van der Waals surface area contributed by atoms with Crippen molar-refractivity contribution in [2.75, 3.05) is 6.61 Å². The largest absolute Gasteiger partial charge is 0.498 e. The standard InChI is InChI=1S/C29H37NO/c1-4-31-21-11-13-29(3)26-12-14-28(2)24(20-6-5-15-30-18-20)9-10-25(28)23(26)17-22(19-7-8-19)27(29)16-21/h5-6,9,15-16,18-19,23,25-26H,4,7-8,10-14,17H2,1-3H3.